The average molecular weight is 1760 g/mol. The minimum absolute atomic E-state index is 0. The van der Waals surface area contributed by atoms with E-state index in [-0.39, 0.29) is 40.2 Å². The van der Waals surface area contributed by atoms with E-state index in [1.165, 1.54) is 132 Å². The van der Waals surface area contributed by atoms with Crippen LogP contribution in [0.2, 0.25) is 0 Å². The van der Waals surface area contributed by atoms with E-state index in [0.717, 1.165) is 44.8 Å². The van der Waals surface area contributed by atoms with Crippen molar-refractivity contribution >= 4 is 132 Å². The summed E-state index contributed by atoms with van der Waals surface area (Å²) in [5.41, 5.74) is 21.3. The molecular weight excluding hydrogens is 1670 g/mol. The number of imidazole rings is 2. The molecular formula is C98H82Ir2N8. The van der Waals surface area contributed by atoms with E-state index in [4.69, 9.17) is 9.97 Å². The molecule has 0 amide bonds. The van der Waals surface area contributed by atoms with Crippen LogP contribution in [0.4, 0.5) is 34.1 Å². The molecule has 2 aliphatic rings. The van der Waals surface area contributed by atoms with Gasteiger partial charge in [-0.2, -0.15) is 74.0 Å². The summed E-state index contributed by atoms with van der Waals surface area (Å²) in [5.74, 6) is 1.65. The van der Waals surface area contributed by atoms with Gasteiger partial charge in [-0.25, -0.2) is 0 Å². The van der Waals surface area contributed by atoms with Crippen LogP contribution in [0.15, 0.2) is 279 Å². The van der Waals surface area contributed by atoms with Gasteiger partial charge >= 0.3 is 40.2 Å². The Morgan fingerprint density at radius 2 is 0.704 bits per heavy atom. The molecule has 6 heterocycles. The predicted octanol–water partition coefficient (Wildman–Crippen LogP) is 25.7. The van der Waals surface area contributed by atoms with Crippen molar-refractivity contribution < 1.29 is 40.2 Å². The minimum atomic E-state index is 0. The van der Waals surface area contributed by atoms with Gasteiger partial charge in [-0.15, -0.1) is 70.7 Å². The van der Waals surface area contributed by atoms with E-state index in [1.54, 1.807) is 0 Å². The first kappa shape index (κ1) is 72.6. The zero-order valence-corrected chi connectivity index (χ0v) is 67.1. The third-order valence-corrected chi connectivity index (χ3v) is 21.2. The molecule has 0 bridgehead atoms. The first-order chi connectivity index (χ1) is 51.8. The molecule has 532 valence electrons. The van der Waals surface area contributed by atoms with Crippen LogP contribution in [0.3, 0.4) is 0 Å². The third-order valence-electron chi connectivity index (χ3n) is 21.2. The number of pyridine rings is 2. The van der Waals surface area contributed by atoms with E-state index in [9.17, 15) is 0 Å². The Morgan fingerprint density at radius 3 is 1.19 bits per heavy atom. The number of benzene rings is 14. The van der Waals surface area contributed by atoms with Crippen LogP contribution in [0, 0.1) is 37.6 Å². The fraction of sp³-hybridized carbons (Fsp3) is 0.143. The van der Waals surface area contributed by atoms with Gasteiger partial charge in [-0.1, -0.05) is 200 Å². The number of aromatic nitrogens is 4. The fourth-order valence-corrected chi connectivity index (χ4v) is 16.1. The molecule has 0 radical (unpaired) electrons. The fourth-order valence-electron chi connectivity index (χ4n) is 16.1. The summed E-state index contributed by atoms with van der Waals surface area (Å²) in [7, 11) is 4.11. The molecule has 0 N–H and O–H groups in total. The van der Waals surface area contributed by atoms with Crippen molar-refractivity contribution in [2.45, 2.75) is 79.1 Å². The first-order valence-electron chi connectivity index (χ1n) is 37.0. The molecule has 20 rings (SSSR count). The molecule has 0 saturated heterocycles. The molecule has 0 atom stereocenters. The second kappa shape index (κ2) is 30.4. The summed E-state index contributed by atoms with van der Waals surface area (Å²) in [4.78, 5) is 19.2. The second-order valence-corrected chi connectivity index (χ2v) is 29.2. The molecule has 10 heteroatoms. The molecule has 0 saturated carbocycles. The van der Waals surface area contributed by atoms with E-state index < -0.39 is 0 Å². The van der Waals surface area contributed by atoms with Gasteiger partial charge in [0.25, 0.3) is 0 Å². The van der Waals surface area contributed by atoms with E-state index in [1.807, 2.05) is 48.5 Å². The summed E-state index contributed by atoms with van der Waals surface area (Å²) in [6.45, 7) is 22.3. The number of rotatable bonds is 8. The maximum absolute atomic E-state index is 5.32. The van der Waals surface area contributed by atoms with Crippen LogP contribution in [0.1, 0.15) is 101 Å². The van der Waals surface area contributed by atoms with Gasteiger partial charge in [0, 0.05) is 57.3 Å². The van der Waals surface area contributed by atoms with Crippen molar-refractivity contribution in [3.05, 3.63) is 339 Å². The summed E-state index contributed by atoms with van der Waals surface area (Å²) < 4.78 is 4.59. The molecule has 0 unspecified atom stereocenters. The molecule has 0 spiro atoms. The quantitative estimate of drug-likeness (QED) is 0.0858. The summed E-state index contributed by atoms with van der Waals surface area (Å²) in [6, 6.07) is 108. The normalized spacial score (nSPS) is 12.6. The molecule has 108 heavy (non-hydrogen) atoms. The summed E-state index contributed by atoms with van der Waals surface area (Å²) in [6.07, 6.45) is 4.50. The van der Waals surface area contributed by atoms with Crippen molar-refractivity contribution in [2.75, 3.05) is 33.7 Å². The van der Waals surface area contributed by atoms with Crippen molar-refractivity contribution in [2.24, 2.45) is 0 Å². The predicted molar refractivity (Wildman–Crippen MR) is 448 cm³/mol. The number of anilines is 6. The van der Waals surface area contributed by atoms with Crippen LogP contribution in [-0.4, -0.2) is 32.9 Å². The van der Waals surface area contributed by atoms with Gasteiger partial charge in [0.1, 0.15) is 0 Å². The number of fused-ring (bicyclic) bond motifs is 21. The van der Waals surface area contributed by atoms with Gasteiger partial charge in [0.15, 0.2) is 0 Å². The van der Waals surface area contributed by atoms with Crippen molar-refractivity contribution in [1.82, 2.24) is 18.8 Å². The Balaban J connectivity index is 0.000000122. The molecule has 2 aliphatic heterocycles. The second-order valence-electron chi connectivity index (χ2n) is 29.2. The Labute approximate surface area is 660 Å². The van der Waals surface area contributed by atoms with Crippen molar-refractivity contribution in [3.8, 4) is 22.5 Å². The SMILES string of the molecule is CC(C)c1cccc(C(C)C)c1-c1cn2c3ccc4cc5ccccc5cc4c3c3ccc[c-]c3c2n1.CC(C)c1cccc(C(C)C)c1-c1cn2c3ccc4ccc5ccccc5c4c3c3ccc[c-]c3c2n1.CN1[CH-]N(c2[c-]cccc2)c2ccccc21.CN1[CH-]N(c2[c-]cccc2)c2ccccc21.[Ir+3].[Ir+3]. The topological polar surface area (TPSA) is 47.6 Å². The van der Waals surface area contributed by atoms with Crippen LogP contribution in [0.25, 0.3) is 120 Å². The van der Waals surface area contributed by atoms with Crippen LogP contribution in [-0.2, 0) is 40.2 Å². The van der Waals surface area contributed by atoms with Gasteiger partial charge in [-0.3, -0.25) is 9.97 Å². The van der Waals surface area contributed by atoms with E-state index in [2.05, 4.69) is 366 Å². The monoisotopic (exact) mass is 1760 g/mol. The molecule has 18 aromatic rings. The van der Waals surface area contributed by atoms with Gasteiger partial charge < -0.3 is 28.4 Å². The van der Waals surface area contributed by atoms with Crippen molar-refractivity contribution in [1.29, 1.82) is 0 Å². The van der Waals surface area contributed by atoms with Crippen LogP contribution >= 0.6 is 0 Å². The Kier molecular flexibility index (Phi) is 20.4. The maximum atomic E-state index is 5.32. The standard InChI is InChI=1S/2C35H29N2.2C14H12N2.2Ir/c1-21(2)26-14-9-15-27(22(3)4)33(26)31-20-37-32-17-16-25-18-23-10-5-6-11-24(23)19-30(25)34(32)28-12-7-8-13-29(28)35(37)36-31;1-21(2)25-14-9-15-26(22(3)4)33(25)30-20-37-31-19-18-24-17-16-23-10-5-6-11-27(23)32(24)34(31)28-12-7-8-13-29(28)35(37)36-30;2*1-15-11-16(12-7-3-2-4-8-12)14-10-6-5-9-13(14)15;;/h2*5-12,14-22H,1-4H3;2*2-7,9-11H,1H3;;/q2*-1;2*-2;2*+3. The van der Waals surface area contributed by atoms with Crippen molar-refractivity contribution in [3.63, 3.8) is 0 Å². The zero-order valence-electron chi connectivity index (χ0n) is 62.3. The van der Waals surface area contributed by atoms with Gasteiger partial charge in [-0.05, 0) is 162 Å². The molecule has 0 aliphatic carbocycles. The van der Waals surface area contributed by atoms with Crippen LogP contribution < -0.4 is 19.6 Å². The number of hydrogen-bond acceptors (Lipinski definition) is 6. The number of nitrogens with zero attached hydrogens (tertiary/aromatic N) is 8. The molecule has 0 fully saturated rings. The smallest absolute Gasteiger partial charge is 0.504 e. The van der Waals surface area contributed by atoms with E-state index in [0.29, 0.717) is 23.7 Å². The molecule has 14 aromatic carbocycles. The average Bonchev–Trinajstić information content (AvgIpc) is 1.40. The van der Waals surface area contributed by atoms with Gasteiger partial charge in [0.05, 0.1) is 22.7 Å². The zero-order chi connectivity index (χ0) is 72.4. The Morgan fingerprint density at radius 1 is 0.315 bits per heavy atom. The Hall–Kier alpha value is -11.0. The van der Waals surface area contributed by atoms with Gasteiger partial charge in [0.2, 0.25) is 0 Å². The molecule has 4 aromatic heterocycles. The summed E-state index contributed by atoms with van der Waals surface area (Å²) >= 11 is 0. The Bertz CT molecular complexity index is 6220. The molecule has 8 nitrogen and oxygen atoms in total. The maximum Gasteiger partial charge on any atom is 3.00 e. The van der Waals surface area contributed by atoms with E-state index >= 15 is 0 Å². The van der Waals surface area contributed by atoms with Crippen LogP contribution in [0.5, 0.6) is 0 Å². The first-order valence-corrected chi connectivity index (χ1v) is 37.0. The summed E-state index contributed by atoms with van der Waals surface area (Å²) in [5, 5.41) is 17.2. The third kappa shape index (κ3) is 13.0. The number of para-hydroxylation sites is 6. The minimum Gasteiger partial charge on any atom is -0.504 e. The largest absolute Gasteiger partial charge is 3.00 e. The number of hydrogen-bond donors (Lipinski definition) is 0.